The Hall–Kier alpha value is -1.38. The van der Waals surface area contributed by atoms with Gasteiger partial charge in [-0.1, -0.05) is 13.8 Å². The lowest BCUT2D eigenvalue weighted by Crippen LogP contribution is -2.52. The van der Waals surface area contributed by atoms with E-state index in [0.717, 1.165) is 19.3 Å². The highest BCUT2D eigenvalue weighted by Gasteiger charge is 2.31. The van der Waals surface area contributed by atoms with E-state index in [-0.39, 0.29) is 24.5 Å². The van der Waals surface area contributed by atoms with Gasteiger partial charge in [0.05, 0.1) is 18.8 Å². The van der Waals surface area contributed by atoms with Crippen molar-refractivity contribution in [2.45, 2.75) is 70.4 Å². The maximum atomic E-state index is 12.4. The minimum atomic E-state index is -1.00. The summed E-state index contributed by atoms with van der Waals surface area (Å²) in [6.07, 6.45) is 2.31. The van der Waals surface area contributed by atoms with Gasteiger partial charge in [0.2, 0.25) is 5.91 Å². The fourth-order valence-corrected chi connectivity index (χ4v) is 3.00. The number of amides is 2. The smallest absolute Gasteiger partial charge is 0.407 e. The van der Waals surface area contributed by atoms with Crippen LogP contribution in [0.4, 0.5) is 4.79 Å². The predicted molar refractivity (Wildman–Crippen MR) is 89.8 cm³/mol. The molecule has 2 fully saturated rings. The Morgan fingerprint density at radius 3 is 2.60 bits per heavy atom. The predicted octanol–water partition coefficient (Wildman–Crippen LogP) is 0.920. The third kappa shape index (κ3) is 6.80. The van der Waals surface area contributed by atoms with Crippen molar-refractivity contribution in [3.8, 4) is 0 Å². The van der Waals surface area contributed by atoms with E-state index in [1.165, 1.54) is 0 Å². The first-order chi connectivity index (χ1) is 12.0. The first-order valence-electron chi connectivity index (χ1n) is 9.10. The van der Waals surface area contributed by atoms with Crippen LogP contribution in [0.5, 0.6) is 0 Å². The van der Waals surface area contributed by atoms with Gasteiger partial charge in [-0.3, -0.25) is 4.79 Å². The number of hydrogen-bond donors (Lipinski definition) is 3. The van der Waals surface area contributed by atoms with Crippen molar-refractivity contribution in [2.75, 3.05) is 19.8 Å². The zero-order valence-electron chi connectivity index (χ0n) is 15.0. The Kier molecular flexibility index (Phi) is 7.92. The molecule has 25 heavy (non-hydrogen) atoms. The molecule has 0 spiro atoms. The van der Waals surface area contributed by atoms with E-state index in [0.29, 0.717) is 26.1 Å². The van der Waals surface area contributed by atoms with E-state index in [1.807, 2.05) is 13.8 Å². The van der Waals surface area contributed by atoms with Crippen molar-refractivity contribution >= 4 is 12.0 Å². The number of rotatable bonds is 7. The van der Waals surface area contributed by atoms with Crippen molar-refractivity contribution in [1.82, 2.24) is 10.6 Å². The van der Waals surface area contributed by atoms with Crippen LogP contribution in [-0.4, -0.2) is 61.4 Å². The molecule has 3 N–H and O–H groups in total. The van der Waals surface area contributed by atoms with Gasteiger partial charge in [0.25, 0.3) is 0 Å². The lowest BCUT2D eigenvalue weighted by Gasteiger charge is -2.24. The van der Waals surface area contributed by atoms with Crippen LogP contribution in [0, 0.1) is 5.92 Å². The molecule has 2 amide bonds. The molecule has 4 atom stereocenters. The first-order valence-corrected chi connectivity index (χ1v) is 9.10. The topological polar surface area (TPSA) is 106 Å². The number of hydrogen-bond acceptors (Lipinski definition) is 6. The molecule has 0 aromatic rings. The molecule has 0 bridgehead atoms. The van der Waals surface area contributed by atoms with Gasteiger partial charge < -0.3 is 30.0 Å². The highest BCUT2D eigenvalue weighted by molar-refractivity contribution is 5.85. The second-order valence-electron chi connectivity index (χ2n) is 7.08. The zero-order valence-corrected chi connectivity index (χ0v) is 15.0. The molecule has 2 aliphatic rings. The van der Waals surface area contributed by atoms with Crippen LogP contribution in [0.25, 0.3) is 0 Å². The van der Waals surface area contributed by atoms with Crippen LogP contribution in [-0.2, 0) is 19.0 Å². The Balaban J connectivity index is 1.80. The molecule has 0 aromatic carbocycles. The highest BCUT2D eigenvalue weighted by atomic mass is 16.6. The molecular weight excluding hydrogens is 328 g/mol. The Labute approximate surface area is 148 Å². The van der Waals surface area contributed by atoms with E-state index in [2.05, 4.69) is 10.6 Å². The summed E-state index contributed by atoms with van der Waals surface area (Å²) in [6, 6.07) is -1.16. The van der Waals surface area contributed by atoms with Crippen molar-refractivity contribution < 1.29 is 28.9 Å². The lowest BCUT2D eigenvalue weighted by molar-refractivity contribution is -0.127. The van der Waals surface area contributed by atoms with Gasteiger partial charge >= 0.3 is 6.09 Å². The standard InChI is InChI=1S/C17H30N2O6/c1-11(2)9-14(15(20)18-13-6-8-24-16(13)21)19-17(22)25-10-12-5-3-4-7-23-12/h11-14,16,21H,3-10H2,1-2H3,(H,18,20)(H,19,22)/t12?,13-,14?,16?/m0/s1. The van der Waals surface area contributed by atoms with Crippen molar-refractivity contribution in [1.29, 1.82) is 0 Å². The van der Waals surface area contributed by atoms with Crippen LogP contribution in [0.3, 0.4) is 0 Å². The SMILES string of the molecule is CC(C)CC(NC(=O)OCC1CCCCO1)C(=O)N[C@H]1CCOC1O. The van der Waals surface area contributed by atoms with Crippen molar-refractivity contribution in [3.63, 3.8) is 0 Å². The highest BCUT2D eigenvalue weighted by Crippen LogP contribution is 2.14. The van der Waals surface area contributed by atoms with Crippen molar-refractivity contribution in [3.05, 3.63) is 0 Å². The minimum absolute atomic E-state index is 0.0670. The summed E-state index contributed by atoms with van der Waals surface area (Å²) in [6.45, 7) is 5.22. The molecule has 0 aliphatic carbocycles. The molecule has 2 aliphatic heterocycles. The summed E-state index contributed by atoms with van der Waals surface area (Å²) in [5.74, 6) is -0.128. The number of aliphatic hydroxyl groups excluding tert-OH is 1. The van der Waals surface area contributed by atoms with Gasteiger partial charge in [-0.25, -0.2) is 4.79 Å². The largest absolute Gasteiger partial charge is 0.447 e. The Morgan fingerprint density at radius 2 is 2.00 bits per heavy atom. The molecular formula is C17H30N2O6. The molecule has 8 nitrogen and oxygen atoms in total. The van der Waals surface area contributed by atoms with E-state index < -0.39 is 24.5 Å². The summed E-state index contributed by atoms with van der Waals surface area (Å²) in [7, 11) is 0. The molecule has 2 saturated heterocycles. The average Bonchev–Trinajstić information content (AvgIpc) is 2.98. The number of nitrogens with one attached hydrogen (secondary N) is 2. The monoisotopic (exact) mass is 358 g/mol. The maximum absolute atomic E-state index is 12.4. The van der Waals surface area contributed by atoms with E-state index in [4.69, 9.17) is 14.2 Å². The third-order valence-corrected chi connectivity index (χ3v) is 4.38. The second kappa shape index (κ2) is 9.94. The number of carbonyl (C=O) groups excluding carboxylic acids is 2. The summed E-state index contributed by atoms with van der Waals surface area (Å²) in [5, 5.41) is 15.0. The fraction of sp³-hybridized carbons (Fsp3) is 0.882. The molecule has 3 unspecified atom stereocenters. The Bertz CT molecular complexity index is 439. The van der Waals surface area contributed by atoms with E-state index in [1.54, 1.807) is 0 Å². The molecule has 2 heterocycles. The lowest BCUT2D eigenvalue weighted by atomic mass is 10.0. The molecule has 8 heteroatoms. The quantitative estimate of drug-likeness (QED) is 0.625. The van der Waals surface area contributed by atoms with Crippen LogP contribution in [0.1, 0.15) is 46.0 Å². The summed E-state index contributed by atoms with van der Waals surface area (Å²) in [4.78, 5) is 24.5. The zero-order chi connectivity index (χ0) is 18.2. The van der Waals surface area contributed by atoms with Crippen LogP contribution in [0.15, 0.2) is 0 Å². The second-order valence-corrected chi connectivity index (χ2v) is 7.08. The number of alkyl carbamates (subject to hydrolysis) is 1. The summed E-state index contributed by atoms with van der Waals surface area (Å²) < 4.78 is 15.8. The van der Waals surface area contributed by atoms with Crippen LogP contribution >= 0.6 is 0 Å². The summed E-state index contributed by atoms with van der Waals surface area (Å²) >= 11 is 0. The number of ether oxygens (including phenoxy) is 3. The minimum Gasteiger partial charge on any atom is -0.447 e. The van der Waals surface area contributed by atoms with Gasteiger partial charge in [0, 0.05) is 6.61 Å². The molecule has 144 valence electrons. The Morgan fingerprint density at radius 1 is 1.20 bits per heavy atom. The van der Waals surface area contributed by atoms with Gasteiger partial charge in [-0.2, -0.15) is 0 Å². The molecule has 0 saturated carbocycles. The number of carbonyl (C=O) groups is 2. The van der Waals surface area contributed by atoms with Gasteiger partial charge in [-0.05, 0) is 38.0 Å². The fourth-order valence-electron chi connectivity index (χ4n) is 3.00. The number of aliphatic hydroxyl groups is 1. The molecule has 0 aromatic heterocycles. The van der Waals surface area contributed by atoms with Gasteiger partial charge in [0.1, 0.15) is 12.6 Å². The molecule has 0 radical (unpaired) electrons. The van der Waals surface area contributed by atoms with E-state index in [9.17, 15) is 14.7 Å². The van der Waals surface area contributed by atoms with Crippen LogP contribution < -0.4 is 10.6 Å². The normalized spacial score (nSPS) is 27.8. The van der Waals surface area contributed by atoms with Gasteiger partial charge in [-0.15, -0.1) is 0 Å². The average molecular weight is 358 g/mol. The maximum Gasteiger partial charge on any atom is 0.407 e. The van der Waals surface area contributed by atoms with Gasteiger partial charge in [0.15, 0.2) is 6.29 Å². The summed E-state index contributed by atoms with van der Waals surface area (Å²) in [5.41, 5.74) is 0. The third-order valence-electron chi connectivity index (χ3n) is 4.38. The first kappa shape index (κ1) is 19.9. The van der Waals surface area contributed by atoms with Crippen molar-refractivity contribution in [2.24, 2.45) is 5.92 Å². The van der Waals surface area contributed by atoms with Crippen LogP contribution in [0.2, 0.25) is 0 Å². The van der Waals surface area contributed by atoms with E-state index >= 15 is 0 Å². The molecule has 2 rings (SSSR count).